The molecular weight excluding hydrogens is 333 g/mol. The predicted octanol–water partition coefficient (Wildman–Crippen LogP) is 4.69. The Morgan fingerprint density at radius 3 is 2.62 bits per heavy atom. The predicted molar refractivity (Wildman–Crippen MR) is 87.2 cm³/mol. The average Bonchev–Trinajstić information content (AvgIpc) is 2.50. The molecule has 0 amide bonds. The van der Waals surface area contributed by atoms with Crippen LogP contribution >= 0.6 is 15.9 Å². The van der Waals surface area contributed by atoms with E-state index < -0.39 is 0 Å². The summed E-state index contributed by atoms with van der Waals surface area (Å²) in [5.74, 6) is 0.550. The van der Waals surface area contributed by atoms with Gasteiger partial charge in [0.05, 0.1) is 13.2 Å². The summed E-state index contributed by atoms with van der Waals surface area (Å²) in [5, 5.41) is 3.41. The molecule has 0 aliphatic heterocycles. The molecule has 21 heavy (non-hydrogen) atoms. The largest absolute Gasteiger partial charge is 0.497 e. The normalized spacial score (nSPS) is 12.2. The molecule has 0 saturated heterocycles. The summed E-state index contributed by atoms with van der Waals surface area (Å²) in [6.07, 6.45) is 0.979. The third-order valence-electron chi connectivity index (χ3n) is 3.33. The minimum Gasteiger partial charge on any atom is -0.497 e. The zero-order valence-corrected chi connectivity index (χ0v) is 13.8. The van der Waals surface area contributed by atoms with Crippen LogP contribution in [-0.2, 0) is 0 Å². The zero-order chi connectivity index (χ0) is 15.2. The number of methoxy groups -OCH3 is 1. The molecule has 0 saturated carbocycles. The summed E-state index contributed by atoms with van der Waals surface area (Å²) >= 11 is 3.56. The van der Waals surface area contributed by atoms with Crippen LogP contribution in [0.5, 0.6) is 5.75 Å². The second-order valence-corrected chi connectivity index (χ2v) is 5.65. The average molecular weight is 352 g/mol. The van der Waals surface area contributed by atoms with Gasteiger partial charge in [-0.05, 0) is 42.8 Å². The summed E-state index contributed by atoms with van der Waals surface area (Å²) in [6, 6.07) is 12.4. The van der Waals surface area contributed by atoms with E-state index in [0.29, 0.717) is 5.56 Å². The Labute approximate surface area is 133 Å². The Bertz CT molecular complexity index is 603. The quantitative estimate of drug-likeness (QED) is 0.815. The lowest BCUT2D eigenvalue weighted by Gasteiger charge is -2.22. The first-order valence-corrected chi connectivity index (χ1v) is 7.78. The van der Waals surface area contributed by atoms with Gasteiger partial charge in [0.1, 0.15) is 11.6 Å². The lowest BCUT2D eigenvalue weighted by atomic mass is 9.97. The topological polar surface area (TPSA) is 21.3 Å². The molecule has 0 aliphatic carbocycles. The highest BCUT2D eigenvalue weighted by Gasteiger charge is 2.19. The molecule has 0 radical (unpaired) electrons. The minimum absolute atomic E-state index is 0.208. The van der Waals surface area contributed by atoms with Gasteiger partial charge in [0.2, 0.25) is 0 Å². The van der Waals surface area contributed by atoms with E-state index >= 15 is 0 Å². The molecule has 2 aromatic carbocycles. The van der Waals surface area contributed by atoms with Crippen LogP contribution in [0.15, 0.2) is 46.9 Å². The van der Waals surface area contributed by atoms with Gasteiger partial charge in [-0.2, -0.15) is 0 Å². The van der Waals surface area contributed by atoms with Crippen LogP contribution in [0.25, 0.3) is 0 Å². The number of hydrogen-bond donors (Lipinski definition) is 1. The Balaban J connectivity index is 2.48. The molecule has 1 atom stereocenters. The molecule has 0 spiro atoms. The number of ether oxygens (including phenoxy) is 1. The Hall–Kier alpha value is -1.39. The first-order chi connectivity index (χ1) is 10.2. The fourth-order valence-corrected chi connectivity index (χ4v) is 2.73. The summed E-state index contributed by atoms with van der Waals surface area (Å²) in [5.41, 5.74) is 1.60. The number of nitrogens with one attached hydrogen (secondary N) is 1. The molecule has 1 unspecified atom stereocenters. The fourth-order valence-electron chi connectivity index (χ4n) is 2.26. The lowest BCUT2D eigenvalue weighted by Crippen LogP contribution is -2.24. The van der Waals surface area contributed by atoms with Crippen molar-refractivity contribution in [1.82, 2.24) is 5.32 Å². The van der Waals surface area contributed by atoms with Crippen LogP contribution in [0, 0.1) is 5.82 Å². The summed E-state index contributed by atoms with van der Waals surface area (Å²) in [4.78, 5) is 0. The van der Waals surface area contributed by atoms with E-state index in [2.05, 4.69) is 28.2 Å². The monoisotopic (exact) mass is 351 g/mol. The molecule has 0 aromatic heterocycles. The molecule has 0 heterocycles. The van der Waals surface area contributed by atoms with Crippen LogP contribution in [0.3, 0.4) is 0 Å². The molecule has 0 fully saturated rings. The van der Waals surface area contributed by atoms with Crippen molar-refractivity contribution in [2.45, 2.75) is 19.4 Å². The lowest BCUT2D eigenvalue weighted by molar-refractivity contribution is 0.413. The van der Waals surface area contributed by atoms with E-state index in [1.807, 2.05) is 30.3 Å². The highest BCUT2D eigenvalue weighted by molar-refractivity contribution is 9.10. The molecule has 0 bridgehead atoms. The van der Waals surface area contributed by atoms with E-state index in [4.69, 9.17) is 4.74 Å². The van der Waals surface area contributed by atoms with Crippen LogP contribution in [-0.4, -0.2) is 13.7 Å². The van der Waals surface area contributed by atoms with Crippen molar-refractivity contribution >= 4 is 15.9 Å². The van der Waals surface area contributed by atoms with Gasteiger partial charge in [-0.25, -0.2) is 4.39 Å². The third kappa shape index (κ3) is 3.83. The van der Waals surface area contributed by atoms with Crippen LogP contribution in [0.2, 0.25) is 0 Å². The van der Waals surface area contributed by atoms with E-state index in [0.717, 1.165) is 28.8 Å². The van der Waals surface area contributed by atoms with Crippen LogP contribution in [0.4, 0.5) is 4.39 Å². The standard InChI is InChI=1S/C17H19BrFNO/c1-3-10-20-17(13-6-4-5-7-16(13)19)14-11-12(21-2)8-9-15(14)18/h4-9,11,17,20H,3,10H2,1-2H3. The van der Waals surface area contributed by atoms with E-state index in [1.54, 1.807) is 13.2 Å². The molecule has 0 aliphatic rings. The van der Waals surface area contributed by atoms with Gasteiger partial charge in [-0.15, -0.1) is 0 Å². The van der Waals surface area contributed by atoms with Crippen LogP contribution in [0.1, 0.15) is 30.5 Å². The van der Waals surface area contributed by atoms with Crippen molar-refractivity contribution in [2.24, 2.45) is 0 Å². The maximum Gasteiger partial charge on any atom is 0.128 e. The van der Waals surface area contributed by atoms with Crippen LogP contribution < -0.4 is 10.1 Å². The van der Waals surface area contributed by atoms with Gasteiger partial charge >= 0.3 is 0 Å². The molecular formula is C17H19BrFNO. The Morgan fingerprint density at radius 1 is 1.19 bits per heavy atom. The van der Waals surface area contributed by atoms with E-state index in [9.17, 15) is 4.39 Å². The summed E-state index contributed by atoms with van der Waals surface area (Å²) in [7, 11) is 1.63. The number of rotatable bonds is 6. The highest BCUT2D eigenvalue weighted by atomic mass is 79.9. The molecule has 2 aromatic rings. The van der Waals surface area contributed by atoms with Crippen molar-refractivity contribution in [3.05, 3.63) is 63.9 Å². The summed E-state index contributed by atoms with van der Waals surface area (Å²) in [6.45, 7) is 2.90. The van der Waals surface area contributed by atoms with Crippen molar-refractivity contribution in [2.75, 3.05) is 13.7 Å². The Kier molecular flexibility index (Phi) is 5.76. The van der Waals surface area contributed by atoms with Gasteiger partial charge in [0, 0.05) is 10.0 Å². The third-order valence-corrected chi connectivity index (χ3v) is 4.05. The van der Waals surface area contributed by atoms with Crippen molar-refractivity contribution in [3.8, 4) is 5.75 Å². The SMILES string of the molecule is CCCNC(c1ccccc1F)c1cc(OC)ccc1Br. The maximum atomic E-state index is 14.2. The highest BCUT2D eigenvalue weighted by Crippen LogP contribution is 2.32. The van der Waals surface area contributed by atoms with Gasteiger partial charge in [0.15, 0.2) is 0 Å². The van der Waals surface area contributed by atoms with E-state index in [-0.39, 0.29) is 11.9 Å². The molecule has 1 N–H and O–H groups in total. The van der Waals surface area contributed by atoms with Crippen molar-refractivity contribution in [1.29, 1.82) is 0 Å². The summed E-state index contributed by atoms with van der Waals surface area (Å²) < 4.78 is 20.4. The zero-order valence-electron chi connectivity index (χ0n) is 12.2. The second-order valence-electron chi connectivity index (χ2n) is 4.80. The number of hydrogen-bond acceptors (Lipinski definition) is 2. The molecule has 4 heteroatoms. The fraction of sp³-hybridized carbons (Fsp3) is 0.294. The number of halogens is 2. The first-order valence-electron chi connectivity index (χ1n) is 6.98. The van der Waals surface area contributed by atoms with Crippen molar-refractivity contribution in [3.63, 3.8) is 0 Å². The van der Waals surface area contributed by atoms with Gasteiger partial charge in [0.25, 0.3) is 0 Å². The molecule has 2 nitrogen and oxygen atoms in total. The van der Waals surface area contributed by atoms with Gasteiger partial charge in [-0.1, -0.05) is 41.1 Å². The van der Waals surface area contributed by atoms with Crippen molar-refractivity contribution < 1.29 is 9.13 Å². The smallest absolute Gasteiger partial charge is 0.128 e. The van der Waals surface area contributed by atoms with E-state index in [1.165, 1.54) is 6.07 Å². The molecule has 2 rings (SSSR count). The second kappa shape index (κ2) is 7.57. The molecule has 112 valence electrons. The first kappa shape index (κ1) is 16.0. The van der Waals surface area contributed by atoms with Gasteiger partial charge in [-0.3, -0.25) is 0 Å². The number of benzene rings is 2. The maximum absolute atomic E-state index is 14.2. The minimum atomic E-state index is -0.212. The van der Waals surface area contributed by atoms with Gasteiger partial charge < -0.3 is 10.1 Å². The Morgan fingerprint density at radius 2 is 1.95 bits per heavy atom.